The number of hydrogen-bond donors (Lipinski definition) is 2. The Morgan fingerprint density at radius 3 is 2.81 bits per heavy atom. The van der Waals surface area contributed by atoms with Crippen molar-refractivity contribution in [1.29, 1.82) is 0 Å². The van der Waals surface area contributed by atoms with Crippen LogP contribution in [0.4, 0.5) is 0 Å². The molecule has 1 aromatic rings. The standard InChI is InChI=1S/C8H8N4O4/c13-4-6(10-9-5-14)3-12-8(16)2-1-7(15)11-12/h1-2,4-5H,3H2,(H,9,14)(H,11,15)/b10-6+. The van der Waals surface area contributed by atoms with Crippen molar-refractivity contribution in [2.75, 3.05) is 0 Å². The van der Waals surface area contributed by atoms with E-state index in [0.29, 0.717) is 6.29 Å². The number of nitrogens with one attached hydrogen (secondary N) is 2. The summed E-state index contributed by atoms with van der Waals surface area (Å²) in [6.07, 6.45) is 0.647. The molecule has 8 heteroatoms. The maximum absolute atomic E-state index is 11.2. The number of H-pyrrole nitrogens is 1. The van der Waals surface area contributed by atoms with Gasteiger partial charge < -0.3 is 0 Å². The van der Waals surface area contributed by atoms with Crippen molar-refractivity contribution in [3.63, 3.8) is 0 Å². The maximum atomic E-state index is 11.2. The van der Waals surface area contributed by atoms with Crippen molar-refractivity contribution >= 4 is 18.4 Å². The molecule has 16 heavy (non-hydrogen) atoms. The normalized spacial score (nSPS) is 10.9. The molecule has 1 heterocycles. The van der Waals surface area contributed by atoms with Crippen LogP contribution in [-0.2, 0) is 16.1 Å². The fourth-order valence-electron chi connectivity index (χ4n) is 0.950. The first-order valence-electron chi connectivity index (χ1n) is 4.18. The Labute approximate surface area is 88.6 Å². The molecule has 1 rings (SSSR count). The minimum atomic E-state index is -0.486. The number of hydrogen-bond acceptors (Lipinski definition) is 5. The zero-order valence-electron chi connectivity index (χ0n) is 8.04. The smallest absolute Gasteiger partial charge is 0.265 e. The van der Waals surface area contributed by atoms with Crippen LogP contribution in [0.1, 0.15) is 0 Å². The van der Waals surface area contributed by atoms with Crippen molar-refractivity contribution < 1.29 is 9.59 Å². The first-order chi connectivity index (χ1) is 7.67. The maximum Gasteiger partial charge on any atom is 0.265 e. The number of aldehydes is 1. The van der Waals surface area contributed by atoms with Gasteiger partial charge in [0.2, 0.25) is 6.41 Å². The summed E-state index contributed by atoms with van der Waals surface area (Å²) in [5.74, 6) is 0. The topological polar surface area (TPSA) is 113 Å². The van der Waals surface area contributed by atoms with Gasteiger partial charge in [0.1, 0.15) is 5.71 Å². The molecule has 0 aliphatic carbocycles. The van der Waals surface area contributed by atoms with E-state index < -0.39 is 11.1 Å². The number of carbonyl (C=O) groups excluding carboxylic acids is 2. The second-order valence-electron chi connectivity index (χ2n) is 2.70. The molecule has 0 aliphatic heterocycles. The molecular weight excluding hydrogens is 216 g/mol. The molecular formula is C8H8N4O4. The van der Waals surface area contributed by atoms with Crippen LogP contribution in [0.15, 0.2) is 26.8 Å². The van der Waals surface area contributed by atoms with E-state index in [0.717, 1.165) is 16.8 Å². The van der Waals surface area contributed by atoms with E-state index in [4.69, 9.17) is 0 Å². The molecule has 2 N–H and O–H groups in total. The van der Waals surface area contributed by atoms with Gasteiger partial charge in [-0.2, -0.15) is 5.10 Å². The molecule has 0 spiro atoms. The molecule has 0 fully saturated rings. The lowest BCUT2D eigenvalue weighted by molar-refractivity contribution is -0.109. The van der Waals surface area contributed by atoms with Gasteiger partial charge in [-0.3, -0.25) is 24.3 Å². The highest BCUT2D eigenvalue weighted by Gasteiger charge is 2.02. The third-order valence-corrected chi connectivity index (χ3v) is 1.61. The number of nitrogens with zero attached hydrogens (tertiary/aromatic N) is 2. The van der Waals surface area contributed by atoms with Crippen LogP contribution < -0.4 is 16.5 Å². The first kappa shape index (κ1) is 11.6. The summed E-state index contributed by atoms with van der Waals surface area (Å²) in [6.45, 7) is -0.223. The predicted molar refractivity (Wildman–Crippen MR) is 54.0 cm³/mol. The van der Waals surface area contributed by atoms with Crippen molar-refractivity contribution in [2.45, 2.75) is 6.54 Å². The fourth-order valence-corrected chi connectivity index (χ4v) is 0.950. The minimum absolute atomic E-state index is 0.101. The fraction of sp³-hybridized carbons (Fsp3) is 0.125. The van der Waals surface area contributed by atoms with Crippen LogP contribution >= 0.6 is 0 Å². The molecule has 0 bridgehead atoms. The Kier molecular flexibility index (Phi) is 3.90. The zero-order valence-corrected chi connectivity index (χ0v) is 8.04. The van der Waals surface area contributed by atoms with Crippen LogP contribution in [0.2, 0.25) is 0 Å². The minimum Gasteiger partial charge on any atom is -0.296 e. The summed E-state index contributed by atoms with van der Waals surface area (Å²) in [5.41, 5.74) is 0.857. The van der Waals surface area contributed by atoms with Gasteiger partial charge >= 0.3 is 0 Å². The Hall–Kier alpha value is -2.51. The van der Waals surface area contributed by atoms with E-state index in [1.54, 1.807) is 0 Å². The third-order valence-electron chi connectivity index (χ3n) is 1.61. The van der Waals surface area contributed by atoms with Gasteiger partial charge in [-0.05, 0) is 0 Å². The second kappa shape index (κ2) is 5.39. The van der Waals surface area contributed by atoms with E-state index >= 15 is 0 Å². The molecule has 0 saturated carbocycles. The van der Waals surface area contributed by atoms with E-state index in [1.807, 2.05) is 5.43 Å². The van der Waals surface area contributed by atoms with E-state index in [-0.39, 0.29) is 18.7 Å². The summed E-state index contributed by atoms with van der Waals surface area (Å²) in [5, 5.41) is 5.59. The van der Waals surface area contributed by atoms with Crippen LogP contribution in [-0.4, -0.2) is 28.2 Å². The SMILES string of the molecule is O=CN/N=C(/C=O)Cn1[nH]c(=O)ccc1=O. The lowest BCUT2D eigenvalue weighted by Crippen LogP contribution is -2.31. The first-order valence-corrected chi connectivity index (χ1v) is 4.18. The Balaban J connectivity index is 2.98. The molecule has 0 atom stereocenters. The number of aromatic amines is 1. The third kappa shape index (κ3) is 3.01. The molecule has 0 aromatic carbocycles. The highest BCUT2D eigenvalue weighted by atomic mass is 16.2. The molecule has 0 aliphatic rings. The Morgan fingerprint density at radius 2 is 2.19 bits per heavy atom. The summed E-state index contributed by atoms with van der Waals surface area (Å²) in [4.78, 5) is 42.6. The molecule has 8 nitrogen and oxygen atoms in total. The number of aromatic nitrogens is 2. The van der Waals surface area contributed by atoms with Gasteiger partial charge in [-0.15, -0.1) is 0 Å². The highest BCUT2D eigenvalue weighted by Crippen LogP contribution is 1.77. The van der Waals surface area contributed by atoms with Gasteiger partial charge in [-0.1, -0.05) is 0 Å². The second-order valence-corrected chi connectivity index (χ2v) is 2.70. The van der Waals surface area contributed by atoms with Gasteiger partial charge in [-0.25, -0.2) is 10.1 Å². The van der Waals surface area contributed by atoms with Gasteiger partial charge in [0.05, 0.1) is 6.54 Å². The average molecular weight is 224 g/mol. The quantitative estimate of drug-likeness (QED) is 0.337. The molecule has 84 valence electrons. The van der Waals surface area contributed by atoms with Crippen LogP contribution in [0, 0.1) is 0 Å². The molecule has 1 aromatic heterocycles. The monoisotopic (exact) mass is 224 g/mol. The van der Waals surface area contributed by atoms with Crippen LogP contribution in [0.3, 0.4) is 0 Å². The lowest BCUT2D eigenvalue weighted by Gasteiger charge is -2.02. The molecule has 1 amide bonds. The Bertz CT molecular complexity index is 527. The molecule has 0 saturated heterocycles. The van der Waals surface area contributed by atoms with Crippen LogP contribution in [0.5, 0.6) is 0 Å². The predicted octanol–water partition coefficient (Wildman–Crippen LogP) is -2.16. The van der Waals surface area contributed by atoms with E-state index in [1.165, 1.54) is 0 Å². The highest BCUT2D eigenvalue weighted by molar-refractivity contribution is 6.28. The Morgan fingerprint density at radius 1 is 1.44 bits per heavy atom. The summed E-state index contributed by atoms with van der Waals surface area (Å²) in [7, 11) is 0. The summed E-state index contributed by atoms with van der Waals surface area (Å²) < 4.78 is 0.905. The number of amides is 1. The summed E-state index contributed by atoms with van der Waals surface area (Å²) in [6, 6.07) is 2.13. The molecule has 0 radical (unpaired) electrons. The van der Waals surface area contributed by atoms with Crippen molar-refractivity contribution in [3.8, 4) is 0 Å². The lowest BCUT2D eigenvalue weighted by atomic mass is 10.4. The largest absolute Gasteiger partial charge is 0.296 e. The van der Waals surface area contributed by atoms with Gasteiger partial charge in [0.25, 0.3) is 11.1 Å². The number of rotatable bonds is 5. The van der Waals surface area contributed by atoms with E-state index in [9.17, 15) is 19.2 Å². The van der Waals surface area contributed by atoms with Crippen molar-refractivity contribution in [2.24, 2.45) is 5.10 Å². The summed E-state index contributed by atoms with van der Waals surface area (Å²) >= 11 is 0. The number of hydrazone groups is 1. The number of carbonyl (C=O) groups is 2. The van der Waals surface area contributed by atoms with Crippen molar-refractivity contribution in [3.05, 3.63) is 32.8 Å². The van der Waals surface area contributed by atoms with Crippen molar-refractivity contribution in [1.82, 2.24) is 15.2 Å². The van der Waals surface area contributed by atoms with Gasteiger partial charge in [0, 0.05) is 12.1 Å². The van der Waals surface area contributed by atoms with E-state index in [2.05, 4.69) is 10.2 Å². The zero-order chi connectivity index (χ0) is 12.0. The molecule has 0 unspecified atom stereocenters. The van der Waals surface area contributed by atoms with Gasteiger partial charge in [0.15, 0.2) is 6.29 Å². The average Bonchev–Trinajstić information content (AvgIpc) is 2.28. The van der Waals surface area contributed by atoms with Crippen LogP contribution in [0.25, 0.3) is 0 Å².